The van der Waals surface area contributed by atoms with Crippen LogP contribution < -0.4 is 0 Å². The van der Waals surface area contributed by atoms with Crippen LogP contribution in [-0.2, 0) is 26.2 Å². The molecule has 0 heterocycles. The van der Waals surface area contributed by atoms with E-state index >= 15 is 0 Å². The molecule has 4 aromatic carbocycles. The van der Waals surface area contributed by atoms with E-state index in [0.717, 1.165) is 0 Å². The van der Waals surface area contributed by atoms with E-state index in [1.165, 1.54) is 0 Å². The summed E-state index contributed by atoms with van der Waals surface area (Å²) in [6.45, 7) is 0. The van der Waals surface area contributed by atoms with Gasteiger partial charge >= 0.3 is 26.2 Å². The van der Waals surface area contributed by atoms with Crippen molar-refractivity contribution in [2.45, 2.75) is 0 Å². The Morgan fingerprint density at radius 1 is 0.519 bits per heavy atom. The number of phenols is 2. The fourth-order valence-electron chi connectivity index (χ4n) is 1.52. The summed E-state index contributed by atoms with van der Waals surface area (Å²) >= 11 is 11.0. The van der Waals surface area contributed by atoms with Gasteiger partial charge in [0.2, 0.25) is 0 Å². The van der Waals surface area contributed by atoms with Crippen molar-refractivity contribution in [1.29, 1.82) is 0 Å². The normalized spacial score (nSPS) is 8.37. The number of hydrogen-bond acceptors (Lipinski definition) is 2. The van der Waals surface area contributed by atoms with Gasteiger partial charge in [0.1, 0.15) is 11.5 Å². The summed E-state index contributed by atoms with van der Waals surface area (Å²) in [6, 6.07) is 32.7. The largest absolute Gasteiger partial charge is 2.00 e. The van der Waals surface area contributed by atoms with E-state index in [2.05, 4.69) is 0 Å². The molecular weight excluding hydrogens is 458 g/mol. The van der Waals surface area contributed by atoms with Crippen LogP contribution in [0.15, 0.2) is 109 Å². The number of phenolic OH excluding ortho intramolecular Hbond substituents is 2. The fourth-order valence-corrected chi connectivity index (χ4v) is 1.78. The van der Waals surface area contributed by atoms with Crippen molar-refractivity contribution in [2.24, 2.45) is 0 Å². The first-order valence-electron chi connectivity index (χ1n) is 7.80. The molecule has 0 spiro atoms. The van der Waals surface area contributed by atoms with E-state index in [1.54, 1.807) is 48.5 Å². The summed E-state index contributed by atoms with van der Waals surface area (Å²) in [6.07, 6.45) is 0. The topological polar surface area (TPSA) is 40.5 Å². The van der Waals surface area contributed by atoms with Crippen LogP contribution in [0.1, 0.15) is 0 Å². The molecule has 0 fully saturated rings. The Morgan fingerprint density at radius 3 is 0.926 bits per heavy atom. The summed E-state index contributed by atoms with van der Waals surface area (Å²) < 4.78 is 0. The molecule has 2 nitrogen and oxygen atoms in total. The van der Waals surface area contributed by atoms with Gasteiger partial charge in [-0.3, -0.25) is 0 Å². The minimum atomic E-state index is 0. The van der Waals surface area contributed by atoms with Gasteiger partial charge in [0.15, 0.2) is 0 Å². The van der Waals surface area contributed by atoms with Crippen molar-refractivity contribution >= 4 is 23.2 Å². The first-order chi connectivity index (χ1) is 12.6. The molecule has 0 aliphatic rings. The number of hydrogen-bond donors (Lipinski definition) is 2. The minimum absolute atomic E-state index is 0. The second-order valence-corrected chi connectivity index (χ2v) is 5.75. The molecule has 0 amide bonds. The number of rotatable bonds is 0. The zero-order valence-electron chi connectivity index (χ0n) is 14.5. The quantitative estimate of drug-likeness (QED) is 0.270. The van der Waals surface area contributed by atoms with Gasteiger partial charge in [-0.25, -0.2) is 24.3 Å². The molecule has 0 atom stereocenters. The van der Waals surface area contributed by atoms with Gasteiger partial charge in [-0.15, -0.1) is 0 Å². The van der Waals surface area contributed by atoms with Crippen LogP contribution in [0, 0.1) is 0 Å². The molecule has 0 saturated carbocycles. The van der Waals surface area contributed by atoms with Crippen LogP contribution in [0.4, 0.5) is 0 Å². The maximum atomic E-state index is 8.70. The average molecular weight is 479 g/mol. The van der Waals surface area contributed by atoms with E-state index in [4.69, 9.17) is 33.4 Å². The van der Waals surface area contributed by atoms with Crippen molar-refractivity contribution in [1.82, 2.24) is 0 Å². The Labute approximate surface area is 189 Å². The van der Waals surface area contributed by atoms with Crippen molar-refractivity contribution in [3.05, 3.63) is 119 Å². The van der Waals surface area contributed by atoms with Gasteiger partial charge in [-0.2, -0.15) is 36.4 Å². The summed E-state index contributed by atoms with van der Waals surface area (Å²) in [5.41, 5.74) is 0. The molecule has 4 rings (SSSR count). The number of aromatic hydroxyl groups is 2. The van der Waals surface area contributed by atoms with E-state index in [1.807, 2.05) is 60.7 Å². The molecule has 0 radical (unpaired) electrons. The van der Waals surface area contributed by atoms with Crippen molar-refractivity contribution in [2.75, 3.05) is 0 Å². The summed E-state index contributed by atoms with van der Waals surface area (Å²) in [5.74, 6) is 0.490. The third kappa shape index (κ3) is 15.0. The van der Waals surface area contributed by atoms with Crippen LogP contribution >= 0.6 is 23.2 Å². The van der Waals surface area contributed by atoms with E-state index in [9.17, 15) is 0 Å². The van der Waals surface area contributed by atoms with Gasteiger partial charge in [0.05, 0.1) is 0 Å². The Kier molecular flexibility index (Phi) is 15.3. The Balaban J connectivity index is 0.000000337. The number of halogens is 2. The van der Waals surface area contributed by atoms with Gasteiger partial charge in [-0.1, -0.05) is 23.2 Å². The van der Waals surface area contributed by atoms with Crippen molar-refractivity contribution in [3.8, 4) is 11.5 Å². The summed E-state index contributed by atoms with van der Waals surface area (Å²) in [7, 11) is 0. The van der Waals surface area contributed by atoms with Gasteiger partial charge in [0, 0.05) is 10.0 Å². The summed E-state index contributed by atoms with van der Waals surface area (Å²) in [4.78, 5) is 0. The zero-order valence-corrected chi connectivity index (χ0v) is 18.5. The molecule has 5 heteroatoms. The molecule has 0 bridgehead atoms. The van der Waals surface area contributed by atoms with Crippen LogP contribution in [0.2, 0.25) is 10.0 Å². The Hall–Kier alpha value is -1.80. The molecule has 27 heavy (non-hydrogen) atoms. The SMILES string of the molecule is Oc1ccc(Cl)cc1.Oc1ccc(Cl)cc1.[Zr+2].c1cc[cH-]c1.c1cc[cH-]c1. The van der Waals surface area contributed by atoms with Crippen LogP contribution in [0.5, 0.6) is 11.5 Å². The minimum Gasteiger partial charge on any atom is -0.508 e. The van der Waals surface area contributed by atoms with Gasteiger partial charge < -0.3 is 10.2 Å². The van der Waals surface area contributed by atoms with Crippen molar-refractivity contribution in [3.63, 3.8) is 0 Å². The predicted octanol–water partition coefficient (Wildman–Crippen LogP) is 6.90. The first-order valence-corrected chi connectivity index (χ1v) is 8.56. The van der Waals surface area contributed by atoms with E-state index in [0.29, 0.717) is 10.0 Å². The molecule has 0 saturated heterocycles. The maximum Gasteiger partial charge on any atom is 2.00 e. The van der Waals surface area contributed by atoms with Crippen LogP contribution in [0.3, 0.4) is 0 Å². The number of benzene rings is 2. The second-order valence-electron chi connectivity index (χ2n) is 4.88. The van der Waals surface area contributed by atoms with Crippen LogP contribution in [-0.4, -0.2) is 10.2 Å². The molecule has 0 aliphatic heterocycles. The molecule has 0 aliphatic carbocycles. The zero-order chi connectivity index (χ0) is 19.0. The van der Waals surface area contributed by atoms with Gasteiger partial charge in [-0.05, 0) is 48.5 Å². The second kappa shape index (κ2) is 16.4. The first kappa shape index (κ1) is 25.2. The molecule has 138 valence electrons. The molecule has 2 N–H and O–H groups in total. The third-order valence-corrected chi connectivity index (χ3v) is 3.27. The Bertz CT molecular complexity index is 620. The molecule has 0 unspecified atom stereocenters. The standard InChI is InChI=1S/2C6H5ClO.2C5H5.Zr/c2*7-5-1-3-6(8)4-2-5;2*1-2-4-5-3-1;/h2*1-4,8H;2*1-5H;/q;;2*-1;+2. The van der Waals surface area contributed by atoms with E-state index < -0.39 is 0 Å². The predicted molar refractivity (Wildman–Crippen MR) is 110 cm³/mol. The van der Waals surface area contributed by atoms with Crippen molar-refractivity contribution < 1.29 is 36.4 Å². The average Bonchev–Trinajstić information content (AvgIpc) is 3.39. The summed E-state index contributed by atoms with van der Waals surface area (Å²) in [5, 5.41) is 18.7. The van der Waals surface area contributed by atoms with Gasteiger partial charge in [0.25, 0.3) is 0 Å². The molecule has 0 aromatic heterocycles. The third-order valence-electron chi connectivity index (χ3n) is 2.76. The smallest absolute Gasteiger partial charge is 0.508 e. The Morgan fingerprint density at radius 2 is 0.778 bits per heavy atom. The molecule has 4 aromatic rings. The fraction of sp³-hybridized carbons (Fsp3) is 0. The molecular formula is C22H20Cl2O2Zr. The monoisotopic (exact) mass is 476 g/mol. The van der Waals surface area contributed by atoms with Crippen LogP contribution in [0.25, 0.3) is 0 Å². The maximum absolute atomic E-state index is 8.70. The van der Waals surface area contributed by atoms with E-state index in [-0.39, 0.29) is 37.7 Å².